The van der Waals surface area contributed by atoms with Gasteiger partial charge in [0, 0.05) is 54.1 Å². The van der Waals surface area contributed by atoms with Crippen LogP contribution in [0.2, 0.25) is 0 Å². The molecule has 5 heterocycles. The van der Waals surface area contributed by atoms with Crippen LogP contribution in [0.1, 0.15) is 133 Å². The minimum Gasteiger partial charge on any atom is -0.457 e. The van der Waals surface area contributed by atoms with Gasteiger partial charge >= 0.3 is 0 Å². The molecule has 9 aromatic rings. The monoisotopic (exact) mass is 946 g/mol. The lowest BCUT2D eigenvalue weighted by molar-refractivity contribution is 0.482. The average Bonchev–Trinajstić information content (AvgIpc) is 3.95. The van der Waals surface area contributed by atoms with Crippen molar-refractivity contribution in [2.75, 3.05) is 23.5 Å². The lowest BCUT2D eigenvalue weighted by Gasteiger charge is -2.46. The van der Waals surface area contributed by atoms with Gasteiger partial charge in [0.25, 0.3) is 0 Å². The van der Waals surface area contributed by atoms with Crippen LogP contribution >= 0.6 is 0 Å². The predicted octanol–water partition coefficient (Wildman–Crippen LogP) is 16.8. The maximum absolute atomic E-state index is 7.14. The molecule has 6 nitrogen and oxygen atoms in total. The third-order valence-electron chi connectivity index (χ3n) is 16.0. The number of anilines is 3. The van der Waals surface area contributed by atoms with Crippen molar-refractivity contribution in [1.82, 2.24) is 14.5 Å². The Hall–Kier alpha value is -7.18. The fourth-order valence-corrected chi connectivity index (χ4v) is 12.4. The van der Waals surface area contributed by atoms with Gasteiger partial charge in [-0.2, -0.15) is 0 Å². The highest BCUT2D eigenvalue weighted by Crippen LogP contribution is 2.68. The number of hydrogen-bond donors (Lipinski definition) is 0. The normalized spacial score (nSPS) is 14.8. The number of pyridine rings is 2. The van der Waals surface area contributed by atoms with Crippen LogP contribution in [0.15, 0.2) is 140 Å². The van der Waals surface area contributed by atoms with Gasteiger partial charge in [-0.15, -0.1) is 0 Å². The van der Waals surface area contributed by atoms with E-state index in [4.69, 9.17) is 9.72 Å². The number of ether oxygens (including phenoxy) is 1. The number of fused-ring (bicyclic) bond motifs is 12. The van der Waals surface area contributed by atoms with E-state index < -0.39 is 5.41 Å². The molecular weight excluding hydrogens is 879 g/mol. The molecule has 0 fully saturated rings. The first-order valence-electron chi connectivity index (χ1n) is 25.8. The number of nitrogens with zero attached hydrogens (tertiary/aromatic N) is 5. The van der Waals surface area contributed by atoms with Crippen molar-refractivity contribution in [1.29, 1.82) is 0 Å². The van der Waals surface area contributed by atoms with Gasteiger partial charge in [0.15, 0.2) is 0 Å². The Morgan fingerprint density at radius 1 is 0.542 bits per heavy atom. The van der Waals surface area contributed by atoms with Crippen LogP contribution in [-0.4, -0.2) is 28.3 Å². The summed E-state index contributed by atoms with van der Waals surface area (Å²) in [6.45, 7) is 31.6. The molecule has 1 spiro atoms. The molecule has 3 aliphatic rings. The number of benzene rings is 6. The van der Waals surface area contributed by atoms with Crippen LogP contribution in [0.3, 0.4) is 0 Å². The number of para-hydroxylation sites is 2. The van der Waals surface area contributed by atoms with E-state index in [0.717, 1.165) is 57.1 Å². The Morgan fingerprint density at radius 3 is 1.78 bits per heavy atom. The molecule has 0 N–H and O–H groups in total. The Balaban J connectivity index is 1.10. The zero-order valence-electron chi connectivity index (χ0n) is 44.6. The molecule has 12 rings (SSSR count). The van der Waals surface area contributed by atoms with Crippen molar-refractivity contribution in [3.05, 3.63) is 190 Å². The van der Waals surface area contributed by atoms with Gasteiger partial charge in [-0.05, 0) is 144 Å². The van der Waals surface area contributed by atoms with E-state index in [9.17, 15) is 0 Å². The molecule has 0 saturated heterocycles. The summed E-state index contributed by atoms with van der Waals surface area (Å²) in [7, 11) is 2.24. The molecule has 0 unspecified atom stereocenters. The van der Waals surface area contributed by atoms with Crippen LogP contribution in [0.4, 0.5) is 17.1 Å². The third kappa shape index (κ3) is 6.73. The Morgan fingerprint density at radius 2 is 1.15 bits per heavy atom. The van der Waals surface area contributed by atoms with Gasteiger partial charge in [0.1, 0.15) is 17.3 Å². The summed E-state index contributed by atoms with van der Waals surface area (Å²) >= 11 is 0. The minimum absolute atomic E-state index is 0.0540. The zero-order valence-corrected chi connectivity index (χ0v) is 44.6. The van der Waals surface area contributed by atoms with E-state index in [-0.39, 0.29) is 21.7 Å². The fourth-order valence-electron chi connectivity index (χ4n) is 12.4. The highest BCUT2D eigenvalue weighted by Gasteiger charge is 2.57. The van der Waals surface area contributed by atoms with Gasteiger partial charge in [-0.3, -0.25) is 9.55 Å². The van der Waals surface area contributed by atoms with E-state index in [1.165, 1.54) is 78.1 Å². The number of aromatic nitrogens is 3. The molecule has 362 valence electrons. The lowest BCUT2D eigenvalue weighted by Crippen LogP contribution is -2.40. The van der Waals surface area contributed by atoms with Crippen molar-refractivity contribution in [2.45, 2.75) is 117 Å². The smallest absolute Gasteiger partial charge is 0.137 e. The second kappa shape index (κ2) is 15.4. The fraction of sp³-hybridized carbons (Fsp3) is 0.303. The van der Waals surface area contributed by atoms with E-state index in [2.05, 4.69) is 226 Å². The highest BCUT2D eigenvalue weighted by atomic mass is 16.5. The molecule has 0 amide bonds. The van der Waals surface area contributed by atoms with Crippen molar-refractivity contribution in [2.24, 2.45) is 0 Å². The molecule has 0 radical (unpaired) electrons. The molecule has 3 aromatic heterocycles. The molecule has 0 saturated carbocycles. The van der Waals surface area contributed by atoms with Gasteiger partial charge in [-0.25, -0.2) is 4.98 Å². The summed E-state index contributed by atoms with van der Waals surface area (Å²) < 4.78 is 9.42. The van der Waals surface area contributed by atoms with Crippen molar-refractivity contribution >= 4 is 38.9 Å². The van der Waals surface area contributed by atoms with E-state index in [1.54, 1.807) is 0 Å². The molecular formula is C66H67N5O. The first-order valence-corrected chi connectivity index (χ1v) is 25.8. The first kappa shape index (κ1) is 45.9. The highest BCUT2D eigenvalue weighted by molar-refractivity contribution is 6.09. The standard InChI is InChI=1S/C66H67N5O/c1-39-30-58(68-37-49(39)40-26-28-67-29-27-40)71-54-20-16-15-18-45(54)46-24-22-43(35-56(46)71)72-44-23-25-50-57(36-44)70-38-69(14)55-21-17-19-51(61(55)70)66(50)59-47(31-41(62(2,3)4)33-52(59)64(8,9)10)48-32-42(63(5,6)7)34-53(60(48)66)65(11,12)13/h15-37H,38H2,1-14H3. The average molecular weight is 946 g/mol. The Kier molecular flexibility index (Phi) is 9.83. The SMILES string of the molecule is Cc1cc(-n2c3ccccc3c3ccc(Oc4ccc5c(c4)N4CN(C)c6cccc(c64)C54c5c(cc(C(C)(C)C)cc5C(C)(C)C)-c5cc(C(C)(C)C)cc(C(C)(C)C)c54)cc32)ncc1-c1ccncc1. The Labute approximate surface area is 426 Å². The van der Waals surface area contributed by atoms with Crippen LogP contribution in [0, 0.1) is 6.92 Å². The van der Waals surface area contributed by atoms with Crippen LogP contribution < -0.4 is 14.5 Å². The third-order valence-corrected chi connectivity index (χ3v) is 16.0. The van der Waals surface area contributed by atoms with Gasteiger partial charge in [-0.1, -0.05) is 144 Å². The van der Waals surface area contributed by atoms with Crippen molar-refractivity contribution < 1.29 is 4.74 Å². The van der Waals surface area contributed by atoms with Crippen molar-refractivity contribution in [3.63, 3.8) is 0 Å². The summed E-state index contributed by atoms with van der Waals surface area (Å²) in [6, 6.07) is 45.7. The molecule has 6 heteroatoms. The molecule has 2 aliphatic heterocycles. The number of rotatable bonds is 4. The maximum atomic E-state index is 7.14. The topological polar surface area (TPSA) is 46.4 Å². The summed E-state index contributed by atoms with van der Waals surface area (Å²) in [4.78, 5) is 14.3. The minimum atomic E-state index is -0.623. The lowest BCUT2D eigenvalue weighted by atomic mass is 9.59. The summed E-state index contributed by atoms with van der Waals surface area (Å²) in [5.41, 5.74) is 21.9. The Bertz CT molecular complexity index is 3640. The van der Waals surface area contributed by atoms with Crippen molar-refractivity contribution in [3.8, 4) is 39.6 Å². The zero-order chi connectivity index (χ0) is 50.6. The summed E-state index contributed by atoms with van der Waals surface area (Å²) in [5.74, 6) is 2.44. The number of hydrogen-bond acceptors (Lipinski definition) is 5. The summed E-state index contributed by atoms with van der Waals surface area (Å²) in [5, 5.41) is 2.33. The predicted molar refractivity (Wildman–Crippen MR) is 301 cm³/mol. The quantitative estimate of drug-likeness (QED) is 0.176. The summed E-state index contributed by atoms with van der Waals surface area (Å²) in [6.07, 6.45) is 5.66. The van der Waals surface area contributed by atoms with Crippen LogP contribution in [0.25, 0.3) is 49.9 Å². The van der Waals surface area contributed by atoms with E-state index in [1.807, 2.05) is 30.7 Å². The molecule has 0 bridgehead atoms. The van der Waals surface area contributed by atoms with Crippen LogP contribution in [0.5, 0.6) is 11.5 Å². The second-order valence-corrected chi connectivity index (χ2v) is 25.0. The maximum Gasteiger partial charge on any atom is 0.137 e. The number of aryl methyl sites for hydroxylation is 1. The van der Waals surface area contributed by atoms with E-state index in [0.29, 0.717) is 0 Å². The largest absolute Gasteiger partial charge is 0.457 e. The van der Waals surface area contributed by atoms with Gasteiger partial charge in [0.2, 0.25) is 0 Å². The second-order valence-electron chi connectivity index (χ2n) is 25.0. The van der Waals surface area contributed by atoms with E-state index >= 15 is 0 Å². The first-order chi connectivity index (χ1) is 34.0. The molecule has 0 atom stereocenters. The molecule has 72 heavy (non-hydrogen) atoms. The molecule has 6 aromatic carbocycles. The van der Waals surface area contributed by atoms with Crippen LogP contribution in [-0.2, 0) is 27.1 Å². The molecule has 1 aliphatic carbocycles. The van der Waals surface area contributed by atoms with Gasteiger partial charge in [0.05, 0.1) is 40.2 Å². The van der Waals surface area contributed by atoms with Gasteiger partial charge < -0.3 is 14.5 Å².